The van der Waals surface area contributed by atoms with Gasteiger partial charge >= 0.3 is 0 Å². The van der Waals surface area contributed by atoms with E-state index in [4.69, 9.17) is 0 Å². The van der Waals surface area contributed by atoms with Crippen LogP contribution in [0.2, 0.25) is 0 Å². The van der Waals surface area contributed by atoms with Gasteiger partial charge in [0.15, 0.2) is 0 Å². The zero-order chi connectivity index (χ0) is 11.4. The smallest absolute Gasteiger partial charge is 0.295 e. The number of aromatic nitrogens is 1. The van der Waals surface area contributed by atoms with Crippen LogP contribution < -0.4 is 0 Å². The van der Waals surface area contributed by atoms with Gasteiger partial charge in [-0.2, -0.15) is 0 Å². The largest absolute Gasteiger partial charge is 0.383 e. The van der Waals surface area contributed by atoms with Crippen LogP contribution in [0.3, 0.4) is 0 Å². The van der Waals surface area contributed by atoms with Crippen molar-refractivity contribution in [2.24, 2.45) is 0 Å². The molecule has 0 fully saturated rings. The lowest BCUT2D eigenvalue weighted by atomic mass is 10.2. The molecule has 1 heterocycles. The van der Waals surface area contributed by atoms with Gasteiger partial charge in [-0.15, -0.1) is 0 Å². The third-order valence-electron chi connectivity index (χ3n) is 1.76. The molecule has 1 rings (SSSR count). The van der Waals surface area contributed by atoms with Crippen molar-refractivity contribution in [1.29, 1.82) is 0 Å². The highest BCUT2D eigenvalue weighted by atomic mass is 16.6. The number of nitrogens with zero attached hydrogens (tertiary/aromatic N) is 3. The molecule has 1 aromatic rings. The first kappa shape index (κ1) is 11.2. The molecular weight excluding hydrogens is 194 g/mol. The summed E-state index contributed by atoms with van der Waals surface area (Å²) in [4.78, 5) is 16.1. The van der Waals surface area contributed by atoms with Gasteiger partial charge in [0, 0.05) is 32.6 Å². The van der Waals surface area contributed by atoms with Crippen molar-refractivity contribution in [1.82, 2.24) is 9.88 Å². The molecule has 80 valence electrons. The minimum atomic E-state index is -0.421. The summed E-state index contributed by atoms with van der Waals surface area (Å²) in [5, 5.41) is 10.7. The summed E-state index contributed by atoms with van der Waals surface area (Å²) in [6.45, 7) is 1.78. The van der Waals surface area contributed by atoms with E-state index in [0.29, 0.717) is 5.69 Å². The number of aryl methyl sites for hydroxylation is 1. The number of hydrogen-bond acceptors (Lipinski definition) is 4. The maximum Gasteiger partial charge on any atom is 0.295 e. The molecule has 0 N–H and O–H groups in total. The van der Waals surface area contributed by atoms with E-state index in [2.05, 4.69) is 4.98 Å². The third kappa shape index (κ3) is 3.05. The van der Waals surface area contributed by atoms with Gasteiger partial charge in [-0.3, -0.25) is 10.1 Å². The van der Waals surface area contributed by atoms with Gasteiger partial charge in [0.1, 0.15) is 5.69 Å². The molecule has 1 aromatic heterocycles. The van der Waals surface area contributed by atoms with Crippen LogP contribution >= 0.6 is 0 Å². The van der Waals surface area contributed by atoms with Gasteiger partial charge in [0.2, 0.25) is 0 Å². The number of rotatable bonds is 3. The predicted molar refractivity (Wildman–Crippen MR) is 58.3 cm³/mol. The van der Waals surface area contributed by atoms with Crippen molar-refractivity contribution in [2.45, 2.75) is 6.92 Å². The maximum atomic E-state index is 10.7. The van der Waals surface area contributed by atoms with E-state index >= 15 is 0 Å². The molecule has 0 saturated heterocycles. The monoisotopic (exact) mass is 207 g/mol. The normalized spacial score (nSPS) is 10.6. The highest BCUT2D eigenvalue weighted by Crippen LogP contribution is 2.18. The molecule has 0 aliphatic heterocycles. The van der Waals surface area contributed by atoms with Gasteiger partial charge in [-0.25, -0.2) is 4.98 Å². The second-order valence-electron chi connectivity index (χ2n) is 3.45. The van der Waals surface area contributed by atoms with Crippen molar-refractivity contribution in [3.8, 4) is 0 Å². The standard InChI is InChI=1S/C10H13N3O2/c1-8-6-10(13(14)15)9(11-7-8)4-5-12(2)3/h4-7H,1-3H3. The average Bonchev–Trinajstić information content (AvgIpc) is 2.15. The Labute approximate surface area is 88.2 Å². The van der Waals surface area contributed by atoms with Crippen molar-refractivity contribution >= 4 is 11.8 Å². The van der Waals surface area contributed by atoms with Crippen LogP contribution in [0.15, 0.2) is 18.5 Å². The second kappa shape index (κ2) is 4.54. The van der Waals surface area contributed by atoms with Crippen molar-refractivity contribution in [3.63, 3.8) is 0 Å². The lowest BCUT2D eigenvalue weighted by molar-refractivity contribution is -0.385. The molecule has 0 unspecified atom stereocenters. The second-order valence-corrected chi connectivity index (χ2v) is 3.45. The van der Waals surface area contributed by atoms with Crippen LogP contribution in [0.1, 0.15) is 11.3 Å². The summed E-state index contributed by atoms with van der Waals surface area (Å²) in [5.41, 5.74) is 1.19. The lowest BCUT2D eigenvalue weighted by Crippen LogP contribution is -2.01. The molecule has 0 bridgehead atoms. The third-order valence-corrected chi connectivity index (χ3v) is 1.76. The molecule has 0 aromatic carbocycles. The molecule has 0 aliphatic rings. The fraction of sp³-hybridized carbons (Fsp3) is 0.300. The molecule has 0 atom stereocenters. The summed E-state index contributed by atoms with van der Waals surface area (Å²) in [6.07, 6.45) is 4.96. The first-order valence-electron chi connectivity index (χ1n) is 4.46. The summed E-state index contributed by atoms with van der Waals surface area (Å²) < 4.78 is 0. The van der Waals surface area contributed by atoms with E-state index in [9.17, 15) is 10.1 Å². The molecule has 15 heavy (non-hydrogen) atoms. The quantitative estimate of drug-likeness (QED) is 0.560. The number of pyridine rings is 1. The van der Waals surface area contributed by atoms with Gasteiger partial charge < -0.3 is 4.90 Å². The van der Waals surface area contributed by atoms with E-state index in [1.807, 2.05) is 14.1 Å². The Kier molecular flexibility index (Phi) is 3.38. The Hall–Kier alpha value is -1.91. The molecule has 0 amide bonds. The van der Waals surface area contributed by atoms with E-state index < -0.39 is 4.92 Å². The maximum absolute atomic E-state index is 10.7. The molecule has 0 aliphatic carbocycles. The Morgan fingerprint density at radius 2 is 2.20 bits per heavy atom. The van der Waals surface area contributed by atoms with E-state index in [-0.39, 0.29) is 5.69 Å². The average molecular weight is 207 g/mol. The Morgan fingerprint density at radius 3 is 2.73 bits per heavy atom. The van der Waals surface area contributed by atoms with Gasteiger partial charge in [0.05, 0.1) is 4.92 Å². The summed E-state index contributed by atoms with van der Waals surface area (Å²) in [5.74, 6) is 0. The van der Waals surface area contributed by atoms with Crippen LogP contribution in [-0.2, 0) is 0 Å². The fourth-order valence-corrected chi connectivity index (χ4v) is 1.06. The Bertz CT molecular complexity index is 400. The Balaban J connectivity index is 3.12. The Morgan fingerprint density at radius 1 is 1.53 bits per heavy atom. The van der Waals surface area contributed by atoms with Crippen LogP contribution in [0.25, 0.3) is 6.08 Å². The topological polar surface area (TPSA) is 59.3 Å². The zero-order valence-corrected chi connectivity index (χ0v) is 8.97. The minimum absolute atomic E-state index is 0.0353. The SMILES string of the molecule is Cc1cnc(C=CN(C)C)c([N+](=O)[O-])c1. The summed E-state index contributed by atoms with van der Waals surface area (Å²) in [7, 11) is 3.69. The van der Waals surface area contributed by atoms with Gasteiger partial charge in [0.25, 0.3) is 5.69 Å². The summed E-state index contributed by atoms with van der Waals surface area (Å²) in [6, 6.07) is 1.52. The predicted octanol–water partition coefficient (Wildman–Crippen LogP) is 1.83. The van der Waals surface area contributed by atoms with Crippen LogP contribution in [0.4, 0.5) is 5.69 Å². The minimum Gasteiger partial charge on any atom is -0.383 e. The van der Waals surface area contributed by atoms with Gasteiger partial charge in [-0.1, -0.05) is 0 Å². The molecular formula is C10H13N3O2. The highest BCUT2D eigenvalue weighted by molar-refractivity contribution is 5.57. The summed E-state index contributed by atoms with van der Waals surface area (Å²) >= 11 is 0. The zero-order valence-electron chi connectivity index (χ0n) is 8.97. The van der Waals surface area contributed by atoms with E-state index in [1.165, 1.54) is 6.07 Å². The lowest BCUT2D eigenvalue weighted by Gasteiger charge is -2.03. The molecule has 0 radical (unpaired) electrons. The van der Waals surface area contributed by atoms with Gasteiger partial charge in [-0.05, 0) is 18.6 Å². The molecule has 0 spiro atoms. The highest BCUT2D eigenvalue weighted by Gasteiger charge is 2.12. The van der Waals surface area contributed by atoms with Crippen LogP contribution in [-0.4, -0.2) is 28.9 Å². The van der Waals surface area contributed by atoms with Crippen molar-refractivity contribution in [2.75, 3.05) is 14.1 Å². The van der Waals surface area contributed by atoms with Crippen LogP contribution in [0, 0.1) is 17.0 Å². The van der Waals surface area contributed by atoms with E-state index in [1.54, 1.807) is 30.3 Å². The first-order chi connectivity index (χ1) is 7.00. The molecule has 5 heteroatoms. The van der Waals surface area contributed by atoms with Crippen molar-refractivity contribution in [3.05, 3.63) is 39.8 Å². The first-order valence-corrected chi connectivity index (χ1v) is 4.46. The van der Waals surface area contributed by atoms with Crippen molar-refractivity contribution < 1.29 is 4.92 Å². The fourth-order valence-electron chi connectivity index (χ4n) is 1.06. The molecule has 0 saturated carbocycles. The molecule has 5 nitrogen and oxygen atoms in total. The van der Waals surface area contributed by atoms with E-state index in [0.717, 1.165) is 5.56 Å². The van der Waals surface area contributed by atoms with Crippen LogP contribution in [0.5, 0.6) is 0 Å². The number of nitro groups is 1. The number of hydrogen-bond donors (Lipinski definition) is 0.